The molecule has 4 nitrogen and oxygen atoms in total. The Balaban J connectivity index is 1.47. The first-order valence-electron chi connectivity index (χ1n) is 15.4. The monoisotopic (exact) mass is 590 g/mol. The lowest BCUT2D eigenvalue weighted by Crippen LogP contribution is -1.92. The van der Waals surface area contributed by atoms with Gasteiger partial charge in [-0.2, -0.15) is 0 Å². The van der Waals surface area contributed by atoms with Crippen LogP contribution < -0.4 is 0 Å². The summed E-state index contributed by atoms with van der Waals surface area (Å²) >= 11 is 0. The lowest BCUT2D eigenvalue weighted by atomic mass is 9.86. The van der Waals surface area contributed by atoms with Gasteiger partial charge < -0.3 is 0 Å². The fraction of sp³-hybridized carbons (Fsp3) is 0.0476. The van der Waals surface area contributed by atoms with Crippen molar-refractivity contribution in [3.8, 4) is 55.6 Å². The van der Waals surface area contributed by atoms with Gasteiger partial charge in [-0.15, -0.1) is 0 Å². The third-order valence-corrected chi connectivity index (χ3v) is 8.73. The molecule has 4 heteroatoms. The predicted octanol–water partition coefficient (Wildman–Crippen LogP) is 10.5. The summed E-state index contributed by atoms with van der Waals surface area (Å²) in [5.41, 5.74) is 13.7. The van der Waals surface area contributed by atoms with Crippen LogP contribution in [0.2, 0.25) is 0 Å². The van der Waals surface area contributed by atoms with E-state index in [4.69, 9.17) is 0 Å². The molecule has 2 aromatic heterocycles. The third kappa shape index (κ3) is 5.00. The van der Waals surface area contributed by atoms with Gasteiger partial charge in [-0.25, -0.2) is 19.9 Å². The predicted molar refractivity (Wildman–Crippen MR) is 189 cm³/mol. The van der Waals surface area contributed by atoms with Crippen molar-refractivity contribution in [1.82, 2.24) is 19.9 Å². The maximum atomic E-state index is 4.39. The highest BCUT2D eigenvalue weighted by atomic mass is 14.8. The standard InChI is InChI=1S/C42H30N4/c1-27-7-3-9-29(15-27)35-11-5-14-38-40(34-23-45-26-46-24-34)18-32(19-41(35)38)31-17-39(30-10-4-8-28(2)16-30)37-13-6-12-36(42(37)20-31)33-21-43-25-44-22-33/h3-26H,1-2H3. The van der Waals surface area contributed by atoms with Crippen molar-refractivity contribution in [1.29, 1.82) is 0 Å². The molecule has 46 heavy (non-hydrogen) atoms. The number of benzene rings is 6. The molecule has 6 aromatic carbocycles. The number of nitrogens with zero attached hydrogens (tertiary/aromatic N) is 4. The van der Waals surface area contributed by atoms with Crippen LogP contribution in [-0.2, 0) is 0 Å². The van der Waals surface area contributed by atoms with Crippen LogP contribution in [0.15, 0.2) is 147 Å². The molecule has 0 aliphatic carbocycles. The van der Waals surface area contributed by atoms with Crippen LogP contribution in [0.5, 0.6) is 0 Å². The third-order valence-electron chi connectivity index (χ3n) is 8.73. The highest BCUT2D eigenvalue weighted by Gasteiger charge is 2.16. The highest BCUT2D eigenvalue weighted by molar-refractivity contribution is 6.10. The van der Waals surface area contributed by atoms with Crippen LogP contribution in [0.3, 0.4) is 0 Å². The first kappa shape index (κ1) is 27.5. The van der Waals surface area contributed by atoms with E-state index in [0.29, 0.717) is 0 Å². The zero-order valence-corrected chi connectivity index (χ0v) is 25.6. The van der Waals surface area contributed by atoms with Gasteiger partial charge in [-0.1, -0.05) is 96.1 Å². The Morgan fingerprint density at radius 3 is 1.24 bits per heavy atom. The molecule has 0 unspecified atom stereocenters. The van der Waals surface area contributed by atoms with Gasteiger partial charge in [0.25, 0.3) is 0 Å². The second-order valence-electron chi connectivity index (χ2n) is 11.8. The van der Waals surface area contributed by atoms with Gasteiger partial charge in [0.05, 0.1) is 0 Å². The van der Waals surface area contributed by atoms with Crippen LogP contribution in [-0.4, -0.2) is 19.9 Å². The maximum absolute atomic E-state index is 4.39. The maximum Gasteiger partial charge on any atom is 0.115 e. The Bertz CT molecular complexity index is 2380. The molecule has 0 aliphatic rings. The van der Waals surface area contributed by atoms with Gasteiger partial charge in [0.15, 0.2) is 0 Å². The van der Waals surface area contributed by atoms with Crippen molar-refractivity contribution in [2.24, 2.45) is 0 Å². The van der Waals surface area contributed by atoms with E-state index in [2.05, 4.69) is 143 Å². The minimum Gasteiger partial charge on any atom is -0.244 e. The molecule has 0 amide bonds. The molecule has 0 aliphatic heterocycles. The molecular formula is C42H30N4. The normalized spacial score (nSPS) is 11.3. The second-order valence-corrected chi connectivity index (χ2v) is 11.8. The number of hydrogen-bond donors (Lipinski definition) is 0. The summed E-state index contributed by atoms with van der Waals surface area (Å²) in [6, 6.07) is 39.8. The van der Waals surface area contributed by atoms with E-state index in [0.717, 1.165) is 38.8 Å². The molecule has 218 valence electrons. The topological polar surface area (TPSA) is 51.6 Å². The Labute approximate surface area is 268 Å². The summed E-state index contributed by atoms with van der Waals surface area (Å²) < 4.78 is 0. The van der Waals surface area contributed by atoms with Crippen molar-refractivity contribution in [3.05, 3.63) is 158 Å². The van der Waals surface area contributed by atoms with Gasteiger partial charge in [0, 0.05) is 35.9 Å². The fourth-order valence-electron chi connectivity index (χ4n) is 6.59. The summed E-state index contributed by atoms with van der Waals surface area (Å²) in [7, 11) is 0. The van der Waals surface area contributed by atoms with E-state index >= 15 is 0 Å². The van der Waals surface area contributed by atoms with Crippen LogP contribution in [0.4, 0.5) is 0 Å². The number of aromatic nitrogens is 4. The van der Waals surface area contributed by atoms with Crippen molar-refractivity contribution in [2.45, 2.75) is 13.8 Å². The first-order valence-corrected chi connectivity index (χ1v) is 15.4. The van der Waals surface area contributed by atoms with Crippen LogP contribution in [0.1, 0.15) is 11.1 Å². The van der Waals surface area contributed by atoms with Crippen LogP contribution in [0, 0.1) is 13.8 Å². The van der Waals surface area contributed by atoms with Crippen molar-refractivity contribution in [2.75, 3.05) is 0 Å². The molecule has 0 fully saturated rings. The average molecular weight is 591 g/mol. The van der Waals surface area contributed by atoms with E-state index in [1.165, 1.54) is 49.5 Å². The van der Waals surface area contributed by atoms with E-state index < -0.39 is 0 Å². The molecular weight excluding hydrogens is 560 g/mol. The smallest absolute Gasteiger partial charge is 0.115 e. The van der Waals surface area contributed by atoms with Crippen LogP contribution >= 0.6 is 0 Å². The molecule has 0 saturated heterocycles. The first-order chi connectivity index (χ1) is 22.6. The molecule has 0 bridgehead atoms. The van der Waals surface area contributed by atoms with Crippen molar-refractivity contribution < 1.29 is 0 Å². The molecule has 0 N–H and O–H groups in total. The van der Waals surface area contributed by atoms with Gasteiger partial charge in [0.1, 0.15) is 12.7 Å². The summed E-state index contributed by atoms with van der Waals surface area (Å²) in [4.78, 5) is 17.5. The van der Waals surface area contributed by atoms with Gasteiger partial charge in [0.2, 0.25) is 0 Å². The summed E-state index contributed by atoms with van der Waals surface area (Å²) in [6.07, 6.45) is 10.7. The largest absolute Gasteiger partial charge is 0.244 e. The number of fused-ring (bicyclic) bond motifs is 2. The van der Waals surface area contributed by atoms with E-state index in [1.807, 2.05) is 24.8 Å². The Morgan fingerprint density at radius 1 is 0.326 bits per heavy atom. The van der Waals surface area contributed by atoms with Gasteiger partial charge in [-0.05, 0) is 104 Å². The fourth-order valence-corrected chi connectivity index (χ4v) is 6.59. The zero-order chi connectivity index (χ0) is 31.0. The Morgan fingerprint density at radius 2 is 0.739 bits per heavy atom. The number of hydrogen-bond acceptors (Lipinski definition) is 4. The summed E-state index contributed by atoms with van der Waals surface area (Å²) in [5, 5.41) is 4.70. The highest BCUT2D eigenvalue weighted by Crippen LogP contribution is 2.42. The van der Waals surface area contributed by atoms with Crippen molar-refractivity contribution >= 4 is 21.5 Å². The minimum atomic E-state index is 0.984. The molecule has 2 heterocycles. The number of rotatable bonds is 5. The Kier molecular flexibility index (Phi) is 6.88. The van der Waals surface area contributed by atoms with E-state index in [-0.39, 0.29) is 0 Å². The average Bonchev–Trinajstić information content (AvgIpc) is 3.11. The lowest BCUT2D eigenvalue weighted by Gasteiger charge is -2.17. The number of aryl methyl sites for hydroxylation is 2. The lowest BCUT2D eigenvalue weighted by molar-refractivity contribution is 1.17. The summed E-state index contributed by atoms with van der Waals surface area (Å²) in [6.45, 7) is 4.29. The SMILES string of the molecule is Cc1cccc(-c2cc(-c3cc(-c4cncnc4)c4cccc(-c5cccc(C)c5)c4c3)cc3c(-c4cncnc4)cccc23)c1. The summed E-state index contributed by atoms with van der Waals surface area (Å²) in [5.74, 6) is 0. The Hall–Kier alpha value is -6.00. The quantitative estimate of drug-likeness (QED) is 0.200. The second kappa shape index (κ2) is 11.5. The van der Waals surface area contributed by atoms with Gasteiger partial charge >= 0.3 is 0 Å². The van der Waals surface area contributed by atoms with E-state index in [1.54, 1.807) is 12.7 Å². The molecule has 8 aromatic rings. The van der Waals surface area contributed by atoms with Crippen LogP contribution in [0.25, 0.3) is 77.2 Å². The zero-order valence-electron chi connectivity index (χ0n) is 25.6. The molecule has 0 saturated carbocycles. The molecule has 0 radical (unpaired) electrons. The van der Waals surface area contributed by atoms with Crippen molar-refractivity contribution in [3.63, 3.8) is 0 Å². The van der Waals surface area contributed by atoms with Gasteiger partial charge in [-0.3, -0.25) is 0 Å². The van der Waals surface area contributed by atoms with E-state index in [9.17, 15) is 0 Å². The molecule has 0 atom stereocenters. The molecule has 8 rings (SSSR count). The molecule has 0 spiro atoms. The minimum absolute atomic E-state index is 0.984.